The molecule has 0 spiro atoms. The minimum absolute atomic E-state index is 0.151. The van der Waals surface area contributed by atoms with Gasteiger partial charge < -0.3 is 15.0 Å². The van der Waals surface area contributed by atoms with Crippen molar-refractivity contribution < 1.29 is 9.53 Å². The molecule has 0 radical (unpaired) electrons. The number of hydrogen-bond acceptors (Lipinski definition) is 4. The fourth-order valence-corrected chi connectivity index (χ4v) is 2.48. The van der Waals surface area contributed by atoms with E-state index >= 15 is 0 Å². The lowest BCUT2D eigenvalue weighted by Crippen LogP contribution is -2.42. The summed E-state index contributed by atoms with van der Waals surface area (Å²) < 4.78 is 4.81. The van der Waals surface area contributed by atoms with Crippen LogP contribution in [0.2, 0.25) is 0 Å². The first-order chi connectivity index (χ1) is 9.20. The third-order valence-corrected chi connectivity index (χ3v) is 3.66. The second kappa shape index (κ2) is 6.57. The molecule has 1 N–H and O–H groups in total. The van der Waals surface area contributed by atoms with Crippen LogP contribution in [-0.4, -0.2) is 38.3 Å². The van der Waals surface area contributed by atoms with Crippen molar-refractivity contribution in [1.82, 2.24) is 5.32 Å². The van der Waals surface area contributed by atoms with Crippen LogP contribution in [0.15, 0.2) is 30.3 Å². The Morgan fingerprint density at radius 2 is 2.16 bits per heavy atom. The first kappa shape index (κ1) is 13.9. The van der Waals surface area contributed by atoms with Crippen molar-refractivity contribution >= 4 is 11.7 Å². The van der Waals surface area contributed by atoms with Gasteiger partial charge in [-0.05, 0) is 25.5 Å². The average Bonchev–Trinajstić information content (AvgIpc) is 2.62. The molecule has 1 aromatic carbocycles. The predicted octanol–water partition coefficient (Wildman–Crippen LogP) is 1.81. The number of ether oxygens (including phenoxy) is 1. The number of nitrogens with zero attached hydrogens (tertiary/aromatic N) is 1. The molecule has 1 aliphatic rings. The molecule has 0 aliphatic carbocycles. The quantitative estimate of drug-likeness (QED) is 0.844. The van der Waals surface area contributed by atoms with Gasteiger partial charge in [0.2, 0.25) is 0 Å². The Balaban J connectivity index is 2.16. The summed E-state index contributed by atoms with van der Waals surface area (Å²) in [5.74, 6) is -0.151. The van der Waals surface area contributed by atoms with Crippen molar-refractivity contribution in [2.45, 2.75) is 31.8 Å². The summed E-state index contributed by atoms with van der Waals surface area (Å²) in [4.78, 5) is 13.9. The summed E-state index contributed by atoms with van der Waals surface area (Å²) in [6.45, 7) is 3.95. The van der Waals surface area contributed by atoms with E-state index in [2.05, 4.69) is 29.3 Å². The highest BCUT2D eigenvalue weighted by Gasteiger charge is 2.25. The summed E-state index contributed by atoms with van der Waals surface area (Å²) in [5, 5.41) is 3.47. The molecule has 104 valence electrons. The molecule has 0 aromatic heterocycles. The maximum atomic E-state index is 11.6. The molecule has 19 heavy (non-hydrogen) atoms. The van der Waals surface area contributed by atoms with Crippen LogP contribution in [0.1, 0.15) is 19.8 Å². The average molecular weight is 262 g/mol. The molecule has 1 aromatic rings. The Morgan fingerprint density at radius 3 is 2.84 bits per heavy atom. The molecule has 2 atom stereocenters. The van der Waals surface area contributed by atoms with Crippen molar-refractivity contribution in [3.8, 4) is 0 Å². The third kappa shape index (κ3) is 3.70. The number of hydrogen-bond donors (Lipinski definition) is 1. The first-order valence-corrected chi connectivity index (χ1v) is 6.82. The van der Waals surface area contributed by atoms with Crippen molar-refractivity contribution in [3.05, 3.63) is 30.3 Å². The van der Waals surface area contributed by atoms with Crippen molar-refractivity contribution in [2.24, 2.45) is 0 Å². The van der Waals surface area contributed by atoms with E-state index in [1.165, 1.54) is 12.8 Å². The molecule has 0 saturated carbocycles. The van der Waals surface area contributed by atoms with Gasteiger partial charge in [-0.2, -0.15) is 0 Å². The summed E-state index contributed by atoms with van der Waals surface area (Å²) in [7, 11) is 1.45. The number of nitrogens with one attached hydrogen (secondary N) is 1. The molecular weight excluding hydrogens is 240 g/mol. The van der Waals surface area contributed by atoms with Gasteiger partial charge in [0.05, 0.1) is 19.6 Å². The summed E-state index contributed by atoms with van der Waals surface area (Å²) >= 11 is 0. The monoisotopic (exact) mass is 262 g/mol. The maximum absolute atomic E-state index is 11.6. The molecule has 2 rings (SSSR count). The van der Waals surface area contributed by atoms with Crippen LogP contribution in [0.25, 0.3) is 0 Å². The van der Waals surface area contributed by atoms with E-state index in [1.54, 1.807) is 0 Å². The van der Waals surface area contributed by atoms with Crippen LogP contribution in [0.3, 0.4) is 0 Å². The van der Waals surface area contributed by atoms with E-state index in [1.807, 2.05) is 18.2 Å². The van der Waals surface area contributed by atoms with E-state index < -0.39 is 0 Å². The molecule has 1 aliphatic heterocycles. The number of methoxy groups -OCH3 is 1. The van der Waals surface area contributed by atoms with Crippen LogP contribution >= 0.6 is 0 Å². The van der Waals surface area contributed by atoms with Gasteiger partial charge in [-0.3, -0.25) is 4.79 Å². The number of esters is 1. The lowest BCUT2D eigenvalue weighted by Gasteiger charge is -2.31. The molecule has 1 heterocycles. The first-order valence-electron chi connectivity index (χ1n) is 6.82. The second-order valence-electron chi connectivity index (χ2n) is 5.06. The highest BCUT2D eigenvalue weighted by Crippen LogP contribution is 2.21. The smallest absolute Gasteiger partial charge is 0.307 e. The highest BCUT2D eigenvalue weighted by atomic mass is 16.5. The largest absolute Gasteiger partial charge is 0.469 e. The van der Waals surface area contributed by atoms with Crippen LogP contribution in [0.4, 0.5) is 5.69 Å². The lowest BCUT2D eigenvalue weighted by atomic mass is 10.1. The zero-order valence-corrected chi connectivity index (χ0v) is 11.6. The maximum Gasteiger partial charge on any atom is 0.307 e. The highest BCUT2D eigenvalue weighted by molar-refractivity contribution is 5.71. The molecule has 4 heteroatoms. The Morgan fingerprint density at radius 1 is 1.42 bits per heavy atom. The topological polar surface area (TPSA) is 41.6 Å². The zero-order chi connectivity index (χ0) is 13.7. The summed E-state index contributed by atoms with van der Waals surface area (Å²) in [6.07, 6.45) is 1.50. The van der Waals surface area contributed by atoms with Crippen molar-refractivity contribution in [3.63, 3.8) is 0 Å². The molecule has 0 amide bonds. The lowest BCUT2D eigenvalue weighted by molar-refractivity contribution is -0.141. The molecule has 2 unspecified atom stereocenters. The van der Waals surface area contributed by atoms with Crippen LogP contribution in [0.5, 0.6) is 0 Å². The Labute approximate surface area is 114 Å². The predicted molar refractivity (Wildman–Crippen MR) is 76.3 cm³/mol. The minimum atomic E-state index is -0.151. The van der Waals surface area contributed by atoms with Gasteiger partial charge >= 0.3 is 5.97 Å². The van der Waals surface area contributed by atoms with Gasteiger partial charge in [0, 0.05) is 24.8 Å². The van der Waals surface area contributed by atoms with Gasteiger partial charge in [-0.15, -0.1) is 0 Å². The molecule has 1 fully saturated rings. The van der Waals surface area contributed by atoms with Crippen molar-refractivity contribution in [1.29, 1.82) is 0 Å². The second-order valence-corrected chi connectivity index (χ2v) is 5.06. The number of para-hydroxylation sites is 1. The number of rotatable bonds is 3. The SMILES string of the molecule is COC(=O)CC1CNC(C)CCN1c1ccccc1. The third-order valence-electron chi connectivity index (χ3n) is 3.66. The van der Waals surface area contributed by atoms with E-state index in [-0.39, 0.29) is 12.0 Å². The van der Waals surface area contributed by atoms with Crippen LogP contribution < -0.4 is 10.2 Å². The van der Waals surface area contributed by atoms with Crippen molar-refractivity contribution in [2.75, 3.05) is 25.1 Å². The van der Waals surface area contributed by atoms with E-state index in [9.17, 15) is 4.79 Å². The van der Waals surface area contributed by atoms with Gasteiger partial charge in [-0.25, -0.2) is 0 Å². The van der Waals surface area contributed by atoms with Gasteiger partial charge in [-0.1, -0.05) is 18.2 Å². The normalized spacial score (nSPS) is 23.8. The number of benzene rings is 1. The van der Waals surface area contributed by atoms with Crippen LogP contribution in [0, 0.1) is 0 Å². The number of carbonyl (C=O) groups excluding carboxylic acids is 1. The number of anilines is 1. The molecule has 4 nitrogen and oxygen atoms in total. The van der Waals surface area contributed by atoms with E-state index in [4.69, 9.17) is 4.74 Å². The van der Waals surface area contributed by atoms with E-state index in [0.717, 1.165) is 19.5 Å². The fourth-order valence-electron chi connectivity index (χ4n) is 2.48. The Kier molecular flexibility index (Phi) is 4.80. The Hall–Kier alpha value is -1.55. The van der Waals surface area contributed by atoms with Gasteiger partial charge in [0.15, 0.2) is 0 Å². The van der Waals surface area contributed by atoms with Gasteiger partial charge in [0.25, 0.3) is 0 Å². The van der Waals surface area contributed by atoms with Gasteiger partial charge in [0.1, 0.15) is 0 Å². The number of carbonyl (C=O) groups is 1. The van der Waals surface area contributed by atoms with E-state index in [0.29, 0.717) is 12.5 Å². The zero-order valence-electron chi connectivity index (χ0n) is 11.6. The summed E-state index contributed by atoms with van der Waals surface area (Å²) in [5.41, 5.74) is 1.17. The summed E-state index contributed by atoms with van der Waals surface area (Å²) in [6, 6.07) is 10.9. The molecule has 1 saturated heterocycles. The van der Waals surface area contributed by atoms with Crippen LogP contribution in [-0.2, 0) is 9.53 Å². The fraction of sp³-hybridized carbons (Fsp3) is 0.533. The standard InChI is InChI=1S/C15H22N2O2/c1-12-8-9-17(13-6-4-3-5-7-13)14(11-16-12)10-15(18)19-2/h3-7,12,14,16H,8-11H2,1-2H3. The minimum Gasteiger partial charge on any atom is -0.469 e. The molecule has 0 bridgehead atoms. The Bertz CT molecular complexity index is 408. The molecular formula is C15H22N2O2.